The molecule has 30 heavy (non-hydrogen) atoms. The molecule has 0 aromatic heterocycles. The molecule has 1 heterocycles. The van der Waals surface area contributed by atoms with E-state index in [1.807, 2.05) is 50.2 Å². The van der Waals surface area contributed by atoms with Crippen molar-refractivity contribution in [2.75, 3.05) is 18.1 Å². The number of hydrogen-bond donors (Lipinski definition) is 1. The number of carbonyl (C=O) groups excluding carboxylic acids is 1. The average molecular weight is 401 g/mol. The van der Waals surface area contributed by atoms with E-state index in [-0.39, 0.29) is 11.9 Å². The van der Waals surface area contributed by atoms with Crippen LogP contribution in [0.3, 0.4) is 0 Å². The Bertz CT molecular complexity index is 996. The maximum atomic E-state index is 12.7. The molecule has 4 rings (SSSR count). The third-order valence-corrected chi connectivity index (χ3v) is 5.61. The minimum Gasteiger partial charge on any atom is -0.494 e. The van der Waals surface area contributed by atoms with E-state index >= 15 is 0 Å². The largest absolute Gasteiger partial charge is 0.494 e. The zero-order chi connectivity index (χ0) is 20.9. The number of rotatable bonds is 7. The average Bonchev–Trinajstić information content (AvgIpc) is 3.18. The molecule has 154 valence electrons. The van der Waals surface area contributed by atoms with Gasteiger partial charge >= 0.3 is 0 Å². The fourth-order valence-electron chi connectivity index (χ4n) is 3.94. The summed E-state index contributed by atoms with van der Waals surface area (Å²) in [5, 5.41) is 3.08. The van der Waals surface area contributed by atoms with Crippen molar-refractivity contribution in [3.8, 4) is 5.75 Å². The molecule has 4 heteroatoms. The van der Waals surface area contributed by atoms with Crippen LogP contribution in [0.4, 0.5) is 5.69 Å². The minimum atomic E-state index is -0.0750. The van der Waals surface area contributed by atoms with Crippen LogP contribution in [0, 0.1) is 0 Å². The van der Waals surface area contributed by atoms with E-state index in [0.29, 0.717) is 12.2 Å². The van der Waals surface area contributed by atoms with Crippen molar-refractivity contribution in [2.45, 2.75) is 32.9 Å². The monoisotopic (exact) mass is 400 g/mol. The van der Waals surface area contributed by atoms with Gasteiger partial charge in [0.15, 0.2) is 0 Å². The van der Waals surface area contributed by atoms with Crippen molar-refractivity contribution in [1.29, 1.82) is 0 Å². The predicted molar refractivity (Wildman–Crippen MR) is 121 cm³/mol. The first-order valence-corrected chi connectivity index (χ1v) is 10.6. The predicted octanol–water partition coefficient (Wildman–Crippen LogP) is 5.14. The topological polar surface area (TPSA) is 41.6 Å². The molecule has 0 unspecified atom stereocenters. The van der Waals surface area contributed by atoms with Gasteiger partial charge in [-0.2, -0.15) is 0 Å². The van der Waals surface area contributed by atoms with E-state index < -0.39 is 0 Å². The highest BCUT2D eigenvalue weighted by Crippen LogP contribution is 2.28. The summed E-state index contributed by atoms with van der Waals surface area (Å²) in [6.45, 7) is 6.51. The molecule has 1 amide bonds. The minimum absolute atomic E-state index is 0.0607. The zero-order valence-corrected chi connectivity index (χ0v) is 17.6. The highest BCUT2D eigenvalue weighted by molar-refractivity contribution is 5.94. The summed E-state index contributed by atoms with van der Waals surface area (Å²) in [6.07, 6.45) is 1.10. The standard InChI is InChI=1S/C26H28N2O2/c1-3-30-24-14-12-21(13-15-24)19(2)27-26(29)23-10-8-20(9-11-23)18-28-17-16-22-6-4-5-7-25(22)28/h4-15,19H,3,16-18H2,1-2H3,(H,27,29)/t19-/m0/s1. The van der Waals surface area contributed by atoms with Gasteiger partial charge in [-0.3, -0.25) is 4.79 Å². The zero-order valence-electron chi connectivity index (χ0n) is 17.6. The van der Waals surface area contributed by atoms with Crippen molar-refractivity contribution in [2.24, 2.45) is 0 Å². The first-order chi connectivity index (χ1) is 14.6. The number of hydrogen-bond acceptors (Lipinski definition) is 3. The molecule has 4 nitrogen and oxygen atoms in total. The number of anilines is 1. The lowest BCUT2D eigenvalue weighted by Gasteiger charge is -2.19. The van der Waals surface area contributed by atoms with E-state index in [0.717, 1.165) is 30.8 Å². The van der Waals surface area contributed by atoms with Crippen LogP contribution in [0.1, 0.15) is 46.9 Å². The van der Waals surface area contributed by atoms with Gasteiger partial charge in [0.05, 0.1) is 12.6 Å². The lowest BCUT2D eigenvalue weighted by Crippen LogP contribution is -2.26. The number of carbonyl (C=O) groups is 1. The highest BCUT2D eigenvalue weighted by Gasteiger charge is 2.18. The molecular weight excluding hydrogens is 372 g/mol. The fraction of sp³-hybridized carbons (Fsp3) is 0.269. The van der Waals surface area contributed by atoms with Gasteiger partial charge in [0.25, 0.3) is 5.91 Å². The molecule has 0 radical (unpaired) electrons. The molecule has 0 saturated heterocycles. The lowest BCUT2D eigenvalue weighted by atomic mass is 10.1. The molecule has 0 fully saturated rings. The van der Waals surface area contributed by atoms with Crippen LogP contribution in [-0.2, 0) is 13.0 Å². The van der Waals surface area contributed by atoms with Crippen LogP contribution in [0.2, 0.25) is 0 Å². The van der Waals surface area contributed by atoms with E-state index in [1.165, 1.54) is 16.8 Å². The van der Waals surface area contributed by atoms with E-state index in [2.05, 4.69) is 46.6 Å². The molecule has 0 aliphatic carbocycles. The van der Waals surface area contributed by atoms with Crippen molar-refractivity contribution in [3.63, 3.8) is 0 Å². The Balaban J connectivity index is 1.36. The smallest absolute Gasteiger partial charge is 0.251 e. The van der Waals surface area contributed by atoms with Gasteiger partial charge in [-0.15, -0.1) is 0 Å². The quantitative estimate of drug-likeness (QED) is 0.597. The lowest BCUT2D eigenvalue weighted by molar-refractivity contribution is 0.0940. The first kappa shape index (κ1) is 20.0. The molecule has 1 atom stereocenters. The first-order valence-electron chi connectivity index (χ1n) is 10.6. The summed E-state index contributed by atoms with van der Waals surface area (Å²) in [4.78, 5) is 15.1. The molecule has 0 saturated carbocycles. The molecule has 1 N–H and O–H groups in total. The Morgan fingerprint density at radius 1 is 1.03 bits per heavy atom. The number of ether oxygens (including phenoxy) is 1. The maximum Gasteiger partial charge on any atom is 0.251 e. The van der Waals surface area contributed by atoms with Crippen molar-refractivity contribution in [1.82, 2.24) is 5.32 Å². The van der Waals surface area contributed by atoms with E-state index in [9.17, 15) is 4.79 Å². The summed E-state index contributed by atoms with van der Waals surface area (Å²) >= 11 is 0. The van der Waals surface area contributed by atoms with Crippen molar-refractivity contribution in [3.05, 3.63) is 95.1 Å². The van der Waals surface area contributed by atoms with E-state index in [1.54, 1.807) is 0 Å². The number of amides is 1. The summed E-state index contributed by atoms with van der Waals surface area (Å²) in [5.74, 6) is 0.783. The highest BCUT2D eigenvalue weighted by atomic mass is 16.5. The molecular formula is C26H28N2O2. The number of benzene rings is 3. The van der Waals surface area contributed by atoms with Gasteiger partial charge in [-0.05, 0) is 67.3 Å². The number of para-hydroxylation sites is 1. The molecule has 1 aliphatic heterocycles. The van der Waals surface area contributed by atoms with Gasteiger partial charge < -0.3 is 15.0 Å². The van der Waals surface area contributed by atoms with Crippen LogP contribution in [-0.4, -0.2) is 19.1 Å². The number of fused-ring (bicyclic) bond motifs is 1. The van der Waals surface area contributed by atoms with Crippen LogP contribution in [0.15, 0.2) is 72.8 Å². The van der Waals surface area contributed by atoms with Gasteiger partial charge in [0.2, 0.25) is 0 Å². The SMILES string of the molecule is CCOc1ccc([C@H](C)NC(=O)c2ccc(CN3CCc4ccccc43)cc2)cc1. The van der Waals surface area contributed by atoms with Crippen molar-refractivity contribution >= 4 is 11.6 Å². The number of nitrogens with one attached hydrogen (secondary N) is 1. The summed E-state index contributed by atoms with van der Waals surface area (Å²) < 4.78 is 5.48. The molecule has 3 aromatic rings. The van der Waals surface area contributed by atoms with Crippen LogP contribution >= 0.6 is 0 Å². The second kappa shape index (κ2) is 9.04. The van der Waals surface area contributed by atoms with Gasteiger partial charge in [0.1, 0.15) is 5.75 Å². The summed E-state index contributed by atoms with van der Waals surface area (Å²) in [5.41, 5.74) is 5.68. The summed E-state index contributed by atoms with van der Waals surface area (Å²) in [6, 6.07) is 24.3. The van der Waals surface area contributed by atoms with Crippen molar-refractivity contribution < 1.29 is 9.53 Å². The molecule has 3 aromatic carbocycles. The second-order valence-corrected chi connectivity index (χ2v) is 7.69. The third kappa shape index (κ3) is 4.48. The normalized spacial score (nSPS) is 13.6. The maximum absolute atomic E-state index is 12.7. The van der Waals surface area contributed by atoms with Gasteiger partial charge in [0, 0.05) is 24.3 Å². The Morgan fingerprint density at radius 3 is 2.50 bits per heavy atom. The molecule has 0 bridgehead atoms. The third-order valence-electron chi connectivity index (χ3n) is 5.61. The van der Waals surface area contributed by atoms with E-state index in [4.69, 9.17) is 4.74 Å². The number of nitrogens with zero attached hydrogens (tertiary/aromatic N) is 1. The molecule has 0 spiro atoms. The van der Waals surface area contributed by atoms with Gasteiger partial charge in [-0.25, -0.2) is 0 Å². The Labute approximate surface area is 178 Å². The molecule has 1 aliphatic rings. The summed E-state index contributed by atoms with van der Waals surface area (Å²) in [7, 11) is 0. The van der Waals surface area contributed by atoms with Crippen LogP contribution in [0.25, 0.3) is 0 Å². The Morgan fingerprint density at radius 2 is 1.77 bits per heavy atom. The Hall–Kier alpha value is -3.27. The second-order valence-electron chi connectivity index (χ2n) is 7.69. The van der Waals surface area contributed by atoms with Crippen LogP contribution in [0.5, 0.6) is 5.75 Å². The Kier molecular flexibility index (Phi) is 6.03. The van der Waals surface area contributed by atoms with Gasteiger partial charge in [-0.1, -0.05) is 42.5 Å². The van der Waals surface area contributed by atoms with Crippen LogP contribution < -0.4 is 15.0 Å². The fourth-order valence-corrected chi connectivity index (χ4v) is 3.94.